The van der Waals surface area contributed by atoms with Gasteiger partial charge in [-0.2, -0.15) is 0 Å². The third-order valence-electron chi connectivity index (χ3n) is 3.73. The first kappa shape index (κ1) is 14.8. The molecule has 19 heavy (non-hydrogen) atoms. The van der Waals surface area contributed by atoms with Crippen molar-refractivity contribution < 1.29 is 4.74 Å². The number of epoxide rings is 1. The molecule has 0 N–H and O–H groups in total. The average Bonchev–Trinajstić information content (AvgIpc) is 3.18. The quantitative estimate of drug-likeness (QED) is 0.449. The molecule has 0 aromatic heterocycles. The maximum atomic E-state index is 5.76. The minimum atomic E-state index is 0.257. The zero-order chi connectivity index (χ0) is 13.7. The van der Waals surface area contributed by atoms with Crippen molar-refractivity contribution in [3.63, 3.8) is 0 Å². The summed E-state index contributed by atoms with van der Waals surface area (Å²) < 4.78 is 6.86. The number of halogens is 1. The summed E-state index contributed by atoms with van der Waals surface area (Å²) in [5.74, 6) is 0. The van der Waals surface area contributed by atoms with Crippen LogP contribution in [0.1, 0.15) is 51.0 Å². The normalized spacial score (nSPS) is 21.4. The lowest BCUT2D eigenvalue weighted by molar-refractivity contribution is 0.375. The number of ether oxygens (including phenoxy) is 1. The lowest BCUT2D eigenvalue weighted by Crippen LogP contribution is -1.97. The Hall–Kier alpha value is -0.600. The SMILES string of the molecule is C=C(c1ccc(Br)cc1)[C@@H]1O[C@H]1CCCCCCC. The Bertz CT molecular complexity index is 410. The zero-order valence-corrected chi connectivity index (χ0v) is 13.3. The van der Waals surface area contributed by atoms with Crippen molar-refractivity contribution in [1.82, 2.24) is 0 Å². The lowest BCUT2D eigenvalue weighted by atomic mass is 10.0. The second-order valence-electron chi connectivity index (χ2n) is 5.33. The highest BCUT2D eigenvalue weighted by Gasteiger charge is 2.40. The summed E-state index contributed by atoms with van der Waals surface area (Å²) >= 11 is 3.45. The van der Waals surface area contributed by atoms with Crippen LogP contribution < -0.4 is 0 Å². The van der Waals surface area contributed by atoms with Gasteiger partial charge in [-0.3, -0.25) is 0 Å². The Kier molecular flexibility index (Phi) is 5.65. The van der Waals surface area contributed by atoms with Crippen LogP contribution in [0.2, 0.25) is 0 Å². The van der Waals surface area contributed by atoms with E-state index in [0.717, 1.165) is 10.0 Å². The third-order valence-corrected chi connectivity index (χ3v) is 4.26. The Balaban J connectivity index is 1.70. The van der Waals surface area contributed by atoms with Gasteiger partial charge in [-0.05, 0) is 29.7 Å². The summed E-state index contributed by atoms with van der Waals surface area (Å²) in [4.78, 5) is 0. The molecule has 1 aliphatic heterocycles. The van der Waals surface area contributed by atoms with E-state index < -0.39 is 0 Å². The van der Waals surface area contributed by atoms with Crippen molar-refractivity contribution in [3.05, 3.63) is 40.9 Å². The largest absolute Gasteiger partial charge is 0.365 e. The highest BCUT2D eigenvalue weighted by molar-refractivity contribution is 9.10. The molecule has 1 aromatic rings. The summed E-state index contributed by atoms with van der Waals surface area (Å²) in [6, 6.07) is 8.32. The van der Waals surface area contributed by atoms with Crippen LogP contribution in [0.5, 0.6) is 0 Å². The fraction of sp³-hybridized carbons (Fsp3) is 0.529. The summed E-state index contributed by atoms with van der Waals surface area (Å²) in [6.45, 7) is 6.44. The van der Waals surface area contributed by atoms with Gasteiger partial charge in [0.05, 0.1) is 6.10 Å². The van der Waals surface area contributed by atoms with E-state index in [-0.39, 0.29) is 6.10 Å². The molecule has 0 unspecified atom stereocenters. The van der Waals surface area contributed by atoms with Gasteiger partial charge in [0.15, 0.2) is 0 Å². The van der Waals surface area contributed by atoms with E-state index in [1.807, 2.05) is 0 Å². The van der Waals surface area contributed by atoms with Crippen molar-refractivity contribution in [2.75, 3.05) is 0 Å². The Morgan fingerprint density at radius 2 is 1.84 bits per heavy atom. The first-order chi connectivity index (χ1) is 9.22. The van der Waals surface area contributed by atoms with E-state index in [4.69, 9.17) is 4.74 Å². The molecule has 1 fully saturated rings. The van der Waals surface area contributed by atoms with Crippen molar-refractivity contribution >= 4 is 21.5 Å². The van der Waals surface area contributed by atoms with Crippen LogP contribution in [-0.4, -0.2) is 12.2 Å². The molecule has 0 bridgehead atoms. The predicted molar refractivity (Wildman–Crippen MR) is 85.2 cm³/mol. The summed E-state index contributed by atoms with van der Waals surface area (Å²) in [5, 5.41) is 0. The first-order valence-electron chi connectivity index (χ1n) is 7.32. The van der Waals surface area contributed by atoms with Crippen molar-refractivity contribution in [1.29, 1.82) is 0 Å². The molecule has 2 heteroatoms. The van der Waals surface area contributed by atoms with Gasteiger partial charge >= 0.3 is 0 Å². The standard InChI is InChI=1S/C17H23BrO/c1-3-4-5-6-7-8-16-17(19-16)13(2)14-9-11-15(18)12-10-14/h9-12,16-17H,2-8H2,1H3/t16-,17-/m0/s1. The van der Waals surface area contributed by atoms with E-state index in [1.165, 1.54) is 44.1 Å². The van der Waals surface area contributed by atoms with Gasteiger partial charge in [0.1, 0.15) is 6.10 Å². The van der Waals surface area contributed by atoms with Crippen LogP contribution in [0.4, 0.5) is 0 Å². The van der Waals surface area contributed by atoms with Gasteiger partial charge in [-0.15, -0.1) is 0 Å². The molecule has 1 nitrogen and oxygen atoms in total. The molecule has 2 atom stereocenters. The van der Waals surface area contributed by atoms with Crippen molar-refractivity contribution in [2.45, 2.75) is 57.7 Å². The number of rotatable bonds is 8. The smallest absolute Gasteiger partial charge is 0.109 e. The van der Waals surface area contributed by atoms with Gasteiger partial charge < -0.3 is 4.74 Å². The predicted octanol–water partition coefficient (Wildman–Crippen LogP) is 5.59. The zero-order valence-electron chi connectivity index (χ0n) is 11.7. The van der Waals surface area contributed by atoms with Crippen LogP contribution >= 0.6 is 15.9 Å². The monoisotopic (exact) mass is 322 g/mol. The second kappa shape index (κ2) is 7.25. The molecular formula is C17H23BrO. The van der Waals surface area contributed by atoms with Crippen LogP contribution in [-0.2, 0) is 4.74 Å². The maximum Gasteiger partial charge on any atom is 0.109 e. The molecule has 0 amide bonds. The van der Waals surface area contributed by atoms with Gasteiger partial charge in [-0.25, -0.2) is 0 Å². The van der Waals surface area contributed by atoms with E-state index in [9.17, 15) is 0 Å². The number of hydrogen-bond acceptors (Lipinski definition) is 1. The Morgan fingerprint density at radius 1 is 1.16 bits per heavy atom. The van der Waals surface area contributed by atoms with E-state index in [1.54, 1.807) is 0 Å². The van der Waals surface area contributed by atoms with Crippen molar-refractivity contribution in [3.8, 4) is 0 Å². The van der Waals surface area contributed by atoms with Crippen LogP contribution in [0.25, 0.3) is 5.57 Å². The maximum absolute atomic E-state index is 5.76. The number of benzene rings is 1. The van der Waals surface area contributed by atoms with Gasteiger partial charge in [-0.1, -0.05) is 73.7 Å². The third kappa shape index (κ3) is 4.47. The molecule has 0 spiro atoms. The molecular weight excluding hydrogens is 300 g/mol. The molecule has 0 saturated carbocycles. The fourth-order valence-electron chi connectivity index (χ4n) is 2.45. The van der Waals surface area contributed by atoms with Crippen molar-refractivity contribution in [2.24, 2.45) is 0 Å². The first-order valence-corrected chi connectivity index (χ1v) is 8.12. The molecule has 2 rings (SSSR count). The molecule has 0 radical (unpaired) electrons. The Morgan fingerprint density at radius 3 is 2.53 bits per heavy atom. The molecule has 1 saturated heterocycles. The van der Waals surface area contributed by atoms with Gasteiger partial charge in [0.25, 0.3) is 0 Å². The summed E-state index contributed by atoms with van der Waals surface area (Å²) in [7, 11) is 0. The van der Waals surface area contributed by atoms with E-state index in [0.29, 0.717) is 6.10 Å². The summed E-state index contributed by atoms with van der Waals surface area (Å²) in [5.41, 5.74) is 2.33. The number of unbranched alkanes of at least 4 members (excludes halogenated alkanes) is 4. The van der Waals surface area contributed by atoms with Crippen LogP contribution in [0.15, 0.2) is 35.3 Å². The van der Waals surface area contributed by atoms with E-state index in [2.05, 4.69) is 53.7 Å². The minimum absolute atomic E-state index is 0.257. The summed E-state index contributed by atoms with van der Waals surface area (Å²) in [6.07, 6.45) is 8.51. The lowest BCUT2D eigenvalue weighted by Gasteiger charge is -2.03. The van der Waals surface area contributed by atoms with Crippen LogP contribution in [0.3, 0.4) is 0 Å². The topological polar surface area (TPSA) is 12.5 Å². The Labute approximate surface area is 125 Å². The molecule has 0 aliphatic carbocycles. The molecule has 1 heterocycles. The highest BCUT2D eigenvalue weighted by Crippen LogP contribution is 2.37. The second-order valence-corrected chi connectivity index (χ2v) is 6.25. The van der Waals surface area contributed by atoms with Gasteiger partial charge in [0, 0.05) is 4.47 Å². The van der Waals surface area contributed by atoms with Crippen LogP contribution in [0, 0.1) is 0 Å². The molecule has 1 aromatic carbocycles. The van der Waals surface area contributed by atoms with E-state index >= 15 is 0 Å². The number of hydrogen-bond donors (Lipinski definition) is 0. The highest BCUT2D eigenvalue weighted by atomic mass is 79.9. The minimum Gasteiger partial charge on any atom is -0.365 e. The van der Waals surface area contributed by atoms with Gasteiger partial charge in [0.2, 0.25) is 0 Å². The fourth-order valence-corrected chi connectivity index (χ4v) is 2.71. The molecule has 104 valence electrons. The molecule has 1 aliphatic rings. The average molecular weight is 323 g/mol.